The number of alkyl halides is 1. The fourth-order valence-electron chi connectivity index (χ4n) is 1.28. The van der Waals surface area contributed by atoms with Crippen LogP contribution in [0.25, 0.3) is 0 Å². The summed E-state index contributed by atoms with van der Waals surface area (Å²) in [6.45, 7) is 5.65. The van der Waals surface area contributed by atoms with Gasteiger partial charge in [0.05, 0.1) is 6.04 Å². The van der Waals surface area contributed by atoms with Crippen molar-refractivity contribution in [3.8, 4) is 0 Å². The van der Waals surface area contributed by atoms with Gasteiger partial charge in [0, 0.05) is 19.0 Å². The molecule has 0 aromatic rings. The van der Waals surface area contributed by atoms with Crippen LogP contribution in [-0.4, -0.2) is 30.7 Å². The molecule has 1 fully saturated rings. The Balaban J connectivity index is 0.00000169. The summed E-state index contributed by atoms with van der Waals surface area (Å²) in [7, 11) is 0. The van der Waals surface area contributed by atoms with Gasteiger partial charge in [-0.05, 0) is 6.92 Å². The van der Waals surface area contributed by atoms with E-state index in [1.165, 1.54) is 0 Å². The lowest BCUT2D eigenvalue weighted by Crippen LogP contribution is -2.43. The van der Waals surface area contributed by atoms with E-state index in [9.17, 15) is 9.18 Å². The van der Waals surface area contributed by atoms with E-state index >= 15 is 0 Å². The molecule has 1 heterocycles. The van der Waals surface area contributed by atoms with Crippen molar-refractivity contribution in [1.82, 2.24) is 10.6 Å². The molecule has 1 aliphatic rings. The first-order valence-electron chi connectivity index (χ1n) is 4.44. The zero-order valence-corrected chi connectivity index (χ0v) is 8.94. The van der Waals surface area contributed by atoms with Crippen molar-refractivity contribution in [3.05, 3.63) is 12.7 Å². The molecule has 1 unspecified atom stereocenters. The number of hydrogen-bond donors (Lipinski definition) is 2. The van der Waals surface area contributed by atoms with E-state index in [0.29, 0.717) is 0 Å². The zero-order chi connectivity index (χ0) is 9.84. The van der Waals surface area contributed by atoms with Crippen molar-refractivity contribution >= 4 is 18.3 Å². The van der Waals surface area contributed by atoms with Gasteiger partial charge >= 0.3 is 0 Å². The van der Waals surface area contributed by atoms with Crippen LogP contribution in [0.2, 0.25) is 0 Å². The molecule has 82 valence electrons. The number of amides is 1. The molecular formula is C9H16ClFN2O. The van der Waals surface area contributed by atoms with Crippen LogP contribution in [0.4, 0.5) is 4.39 Å². The largest absolute Gasteiger partial charge is 0.349 e. The predicted octanol–water partition coefficient (Wildman–Crippen LogP) is 0.799. The third-order valence-corrected chi connectivity index (χ3v) is 2.12. The van der Waals surface area contributed by atoms with Gasteiger partial charge < -0.3 is 10.6 Å². The van der Waals surface area contributed by atoms with Crippen LogP contribution >= 0.6 is 12.4 Å². The van der Waals surface area contributed by atoms with Crippen LogP contribution in [-0.2, 0) is 4.79 Å². The summed E-state index contributed by atoms with van der Waals surface area (Å²) in [6.07, 6.45) is 1.02. The van der Waals surface area contributed by atoms with Gasteiger partial charge in [0.25, 0.3) is 0 Å². The Kier molecular flexibility index (Phi) is 5.72. The van der Waals surface area contributed by atoms with Gasteiger partial charge in [-0.15, -0.1) is 19.0 Å². The fraction of sp³-hybridized carbons (Fsp3) is 0.667. The first-order chi connectivity index (χ1) is 6.13. The van der Waals surface area contributed by atoms with Crippen LogP contribution in [0.3, 0.4) is 0 Å². The first kappa shape index (κ1) is 13.4. The van der Waals surface area contributed by atoms with E-state index in [1.54, 1.807) is 6.08 Å². The Hall–Kier alpha value is -0.610. The van der Waals surface area contributed by atoms with Crippen molar-refractivity contribution in [2.24, 2.45) is 0 Å². The molecule has 2 N–H and O–H groups in total. The first-order valence-corrected chi connectivity index (χ1v) is 4.44. The molecule has 0 radical (unpaired) electrons. The number of carbonyl (C=O) groups excluding carboxylic acids is 1. The lowest BCUT2D eigenvalue weighted by Gasteiger charge is -2.13. The predicted molar refractivity (Wildman–Crippen MR) is 56.4 cm³/mol. The number of rotatable bonds is 3. The van der Waals surface area contributed by atoms with E-state index in [0.717, 1.165) is 0 Å². The highest BCUT2D eigenvalue weighted by molar-refractivity contribution is 5.85. The molecule has 14 heavy (non-hydrogen) atoms. The van der Waals surface area contributed by atoms with E-state index < -0.39 is 6.17 Å². The Morgan fingerprint density at radius 2 is 2.43 bits per heavy atom. The van der Waals surface area contributed by atoms with Crippen LogP contribution in [0.15, 0.2) is 12.7 Å². The van der Waals surface area contributed by atoms with Gasteiger partial charge in [-0.25, -0.2) is 4.39 Å². The molecule has 0 saturated carbocycles. The molecule has 5 heteroatoms. The van der Waals surface area contributed by atoms with Gasteiger partial charge in [-0.2, -0.15) is 0 Å². The highest BCUT2D eigenvalue weighted by atomic mass is 35.5. The minimum Gasteiger partial charge on any atom is -0.349 e. The van der Waals surface area contributed by atoms with Crippen molar-refractivity contribution in [2.75, 3.05) is 6.54 Å². The van der Waals surface area contributed by atoms with E-state index in [2.05, 4.69) is 17.2 Å². The van der Waals surface area contributed by atoms with Crippen molar-refractivity contribution < 1.29 is 9.18 Å². The molecule has 0 bridgehead atoms. The third-order valence-electron chi connectivity index (χ3n) is 2.12. The van der Waals surface area contributed by atoms with Gasteiger partial charge in [0.1, 0.15) is 6.17 Å². The summed E-state index contributed by atoms with van der Waals surface area (Å²) in [6, 6.07) is -0.439. The normalized spacial score (nSPS) is 27.6. The number of carbonyl (C=O) groups is 1. The average Bonchev–Trinajstić information content (AvgIpc) is 2.51. The lowest BCUT2D eigenvalue weighted by atomic mass is 10.2. The molecule has 1 saturated heterocycles. The molecule has 3 nitrogen and oxygen atoms in total. The number of halogens is 2. The van der Waals surface area contributed by atoms with Gasteiger partial charge in [-0.3, -0.25) is 4.79 Å². The van der Waals surface area contributed by atoms with Gasteiger partial charge in [0.2, 0.25) is 5.91 Å². The molecule has 0 aromatic carbocycles. The second-order valence-corrected chi connectivity index (χ2v) is 3.33. The summed E-state index contributed by atoms with van der Waals surface area (Å²) in [5.74, 6) is -0.146. The van der Waals surface area contributed by atoms with Crippen LogP contribution in [0.1, 0.15) is 13.3 Å². The van der Waals surface area contributed by atoms with Crippen LogP contribution in [0.5, 0.6) is 0 Å². The maximum absolute atomic E-state index is 12.7. The topological polar surface area (TPSA) is 41.1 Å². The average molecular weight is 223 g/mol. The van der Waals surface area contributed by atoms with Crippen LogP contribution in [0, 0.1) is 0 Å². The monoisotopic (exact) mass is 222 g/mol. The molecule has 0 spiro atoms. The minimum atomic E-state index is -0.894. The van der Waals surface area contributed by atoms with Crippen molar-refractivity contribution in [3.63, 3.8) is 0 Å². The molecule has 0 aromatic heterocycles. The Morgan fingerprint density at radius 1 is 1.79 bits per heavy atom. The molecular weight excluding hydrogens is 207 g/mol. The van der Waals surface area contributed by atoms with Crippen LogP contribution < -0.4 is 10.6 Å². The van der Waals surface area contributed by atoms with E-state index in [-0.39, 0.29) is 43.4 Å². The van der Waals surface area contributed by atoms with Crippen molar-refractivity contribution in [2.45, 2.75) is 31.6 Å². The summed E-state index contributed by atoms with van der Waals surface area (Å²) >= 11 is 0. The molecule has 1 amide bonds. The summed E-state index contributed by atoms with van der Waals surface area (Å²) in [4.78, 5) is 11.4. The third kappa shape index (κ3) is 3.64. The summed E-state index contributed by atoms with van der Waals surface area (Å²) in [5, 5.41) is 5.52. The van der Waals surface area contributed by atoms with Crippen molar-refractivity contribution in [1.29, 1.82) is 0 Å². The second kappa shape index (κ2) is 5.98. The van der Waals surface area contributed by atoms with E-state index in [1.807, 2.05) is 6.92 Å². The molecule has 0 aliphatic carbocycles. The fourth-order valence-corrected chi connectivity index (χ4v) is 1.28. The number of hydrogen-bond acceptors (Lipinski definition) is 2. The molecule has 1 aliphatic heterocycles. The summed E-state index contributed by atoms with van der Waals surface area (Å²) in [5.41, 5.74) is 0. The minimum absolute atomic E-state index is 0. The molecule has 3 atom stereocenters. The summed E-state index contributed by atoms with van der Waals surface area (Å²) < 4.78 is 12.7. The van der Waals surface area contributed by atoms with Gasteiger partial charge in [-0.1, -0.05) is 6.08 Å². The SMILES string of the molecule is C=CC(C)NC(=O)[C@H]1C[C@H](F)CN1.Cl. The highest BCUT2D eigenvalue weighted by Gasteiger charge is 2.29. The lowest BCUT2D eigenvalue weighted by molar-refractivity contribution is -0.123. The highest BCUT2D eigenvalue weighted by Crippen LogP contribution is 2.09. The number of nitrogens with one attached hydrogen (secondary N) is 2. The Morgan fingerprint density at radius 3 is 2.86 bits per heavy atom. The zero-order valence-electron chi connectivity index (χ0n) is 8.13. The Bertz CT molecular complexity index is 213. The van der Waals surface area contributed by atoms with E-state index in [4.69, 9.17) is 0 Å². The quantitative estimate of drug-likeness (QED) is 0.694. The smallest absolute Gasteiger partial charge is 0.237 e. The molecule has 1 rings (SSSR count). The maximum Gasteiger partial charge on any atom is 0.237 e. The maximum atomic E-state index is 12.7. The standard InChI is InChI=1S/C9H15FN2O.ClH/c1-3-6(2)12-9(13)8-4-7(10)5-11-8;/h3,6-8,11H,1,4-5H2,2H3,(H,12,13);1H/t6?,7-,8+;/m0./s1. The Labute approximate surface area is 89.5 Å². The van der Waals surface area contributed by atoms with Gasteiger partial charge in [0.15, 0.2) is 0 Å². The second-order valence-electron chi connectivity index (χ2n) is 3.33.